The predicted octanol–water partition coefficient (Wildman–Crippen LogP) is 0.0490. The van der Waals surface area contributed by atoms with E-state index in [1.54, 1.807) is 18.2 Å². The molecular weight excluding hydrogens is 264 g/mol. The third kappa shape index (κ3) is 2.71. The van der Waals surface area contributed by atoms with Gasteiger partial charge in [-0.3, -0.25) is 19.3 Å². The molecule has 0 saturated heterocycles. The molecule has 1 aromatic rings. The van der Waals surface area contributed by atoms with Crippen LogP contribution in [0.25, 0.3) is 0 Å². The average molecular weight is 278 g/mol. The molecule has 2 amide bonds. The van der Waals surface area contributed by atoms with Crippen LogP contribution in [0.4, 0.5) is 5.69 Å². The average Bonchev–Trinajstić information content (AvgIpc) is 2.33. The summed E-state index contributed by atoms with van der Waals surface area (Å²) in [7, 11) is 0. The lowest BCUT2D eigenvalue weighted by molar-refractivity contribution is -0.142. The minimum Gasteiger partial charge on any atom is -0.481 e. The minimum absolute atomic E-state index is 0.311. The highest BCUT2D eigenvalue weighted by molar-refractivity contribution is 6.04. The maximum Gasteiger partial charge on any atom is 0.307 e. The van der Waals surface area contributed by atoms with Gasteiger partial charge in [0.2, 0.25) is 5.91 Å². The van der Waals surface area contributed by atoms with Crippen LogP contribution >= 0.6 is 0 Å². The lowest BCUT2D eigenvalue weighted by Crippen LogP contribution is -2.49. The Bertz CT molecular complexity index is 584. The molecule has 7 nitrogen and oxygen atoms in total. The van der Waals surface area contributed by atoms with Crippen LogP contribution in [0, 0.1) is 6.92 Å². The van der Waals surface area contributed by atoms with Crippen molar-refractivity contribution in [3.8, 4) is 5.75 Å². The number of amides is 2. The number of carbonyl (C=O) groups is 3. The van der Waals surface area contributed by atoms with Crippen LogP contribution in [0.3, 0.4) is 0 Å². The summed E-state index contributed by atoms with van der Waals surface area (Å²) in [5.41, 5.74) is 6.44. The van der Waals surface area contributed by atoms with Crippen LogP contribution in [0.5, 0.6) is 5.75 Å². The minimum atomic E-state index is -1.15. The Balaban J connectivity index is 2.41. The van der Waals surface area contributed by atoms with Crippen molar-refractivity contribution < 1.29 is 24.2 Å². The quantitative estimate of drug-likeness (QED) is 0.808. The predicted molar refractivity (Wildman–Crippen MR) is 69.4 cm³/mol. The number of ether oxygens (including phenoxy) is 1. The molecule has 0 fully saturated rings. The molecule has 0 radical (unpaired) electrons. The van der Waals surface area contributed by atoms with Gasteiger partial charge in [0.05, 0.1) is 12.1 Å². The number of aliphatic carboxylic acids is 1. The van der Waals surface area contributed by atoms with Crippen LogP contribution in [0.2, 0.25) is 0 Å². The zero-order valence-corrected chi connectivity index (χ0v) is 10.8. The number of hydrogen-bond donors (Lipinski definition) is 2. The van der Waals surface area contributed by atoms with Gasteiger partial charge in [0, 0.05) is 0 Å². The maximum atomic E-state index is 12.2. The Morgan fingerprint density at radius 2 is 2.15 bits per heavy atom. The number of carboxylic acids is 1. The van der Waals surface area contributed by atoms with Crippen LogP contribution in [0.15, 0.2) is 18.2 Å². The number of nitrogens with zero attached hydrogens (tertiary/aromatic N) is 1. The summed E-state index contributed by atoms with van der Waals surface area (Å²) in [6, 6.07) is 5.09. The lowest BCUT2D eigenvalue weighted by Gasteiger charge is -2.33. The second-order valence-corrected chi connectivity index (χ2v) is 4.57. The van der Waals surface area contributed by atoms with E-state index in [4.69, 9.17) is 15.6 Å². The molecule has 106 valence electrons. The van der Waals surface area contributed by atoms with Gasteiger partial charge in [-0.05, 0) is 24.6 Å². The molecular formula is C13H14N2O5. The number of hydrogen-bond acceptors (Lipinski definition) is 4. The Morgan fingerprint density at radius 3 is 2.75 bits per heavy atom. The summed E-state index contributed by atoms with van der Waals surface area (Å²) in [6.07, 6.45) is -1.62. The van der Waals surface area contributed by atoms with Gasteiger partial charge in [-0.15, -0.1) is 0 Å². The van der Waals surface area contributed by atoms with E-state index in [2.05, 4.69) is 0 Å². The summed E-state index contributed by atoms with van der Waals surface area (Å²) < 4.78 is 5.42. The van der Waals surface area contributed by atoms with Gasteiger partial charge in [0.1, 0.15) is 12.3 Å². The van der Waals surface area contributed by atoms with Crippen LogP contribution < -0.4 is 15.4 Å². The zero-order valence-electron chi connectivity index (χ0n) is 10.8. The van der Waals surface area contributed by atoms with Crippen molar-refractivity contribution >= 4 is 23.5 Å². The molecule has 3 N–H and O–H groups in total. The number of nitrogens with two attached hydrogens (primary N) is 1. The van der Waals surface area contributed by atoms with Gasteiger partial charge in [0.15, 0.2) is 6.10 Å². The van der Waals surface area contributed by atoms with E-state index in [0.29, 0.717) is 11.4 Å². The van der Waals surface area contributed by atoms with Crippen molar-refractivity contribution in [3.63, 3.8) is 0 Å². The second kappa shape index (κ2) is 5.20. The fourth-order valence-corrected chi connectivity index (χ4v) is 2.04. The molecule has 0 aromatic heterocycles. The largest absolute Gasteiger partial charge is 0.481 e. The molecule has 0 bridgehead atoms. The van der Waals surface area contributed by atoms with E-state index >= 15 is 0 Å². The highest BCUT2D eigenvalue weighted by Crippen LogP contribution is 2.35. The van der Waals surface area contributed by atoms with E-state index in [1.807, 2.05) is 6.92 Å². The molecule has 1 aliphatic rings. The molecule has 2 rings (SSSR count). The number of carboxylic acid groups (broad SMARTS) is 1. The van der Waals surface area contributed by atoms with Crippen molar-refractivity contribution in [1.29, 1.82) is 0 Å². The topological polar surface area (TPSA) is 110 Å². The maximum absolute atomic E-state index is 12.2. The fraction of sp³-hybridized carbons (Fsp3) is 0.308. The summed E-state index contributed by atoms with van der Waals surface area (Å²) in [6.45, 7) is 1.53. The number of benzene rings is 1. The first-order chi connectivity index (χ1) is 9.38. The van der Waals surface area contributed by atoms with Crippen LogP contribution in [0.1, 0.15) is 12.0 Å². The van der Waals surface area contributed by atoms with E-state index in [0.717, 1.165) is 10.5 Å². The number of primary amides is 1. The summed E-state index contributed by atoms with van der Waals surface area (Å²) in [5, 5.41) is 8.81. The van der Waals surface area contributed by atoms with Gasteiger partial charge >= 0.3 is 5.97 Å². The second-order valence-electron chi connectivity index (χ2n) is 4.57. The van der Waals surface area contributed by atoms with Gasteiger partial charge in [-0.2, -0.15) is 0 Å². The number of fused-ring (bicyclic) bond motifs is 1. The lowest BCUT2D eigenvalue weighted by atomic mass is 10.1. The normalized spacial score (nSPS) is 17.4. The smallest absolute Gasteiger partial charge is 0.307 e. The zero-order chi connectivity index (χ0) is 14.9. The summed E-state index contributed by atoms with van der Waals surface area (Å²) >= 11 is 0. The van der Waals surface area contributed by atoms with Crippen molar-refractivity contribution in [2.24, 2.45) is 5.73 Å². The van der Waals surface area contributed by atoms with Crippen molar-refractivity contribution in [2.45, 2.75) is 19.4 Å². The Hall–Kier alpha value is -2.57. The fourth-order valence-electron chi connectivity index (χ4n) is 2.04. The Morgan fingerprint density at radius 1 is 1.45 bits per heavy atom. The summed E-state index contributed by atoms with van der Waals surface area (Å²) in [5.74, 6) is -2.04. The molecule has 1 aromatic carbocycles. The van der Waals surface area contributed by atoms with Crippen molar-refractivity contribution in [2.75, 3.05) is 11.4 Å². The van der Waals surface area contributed by atoms with E-state index < -0.39 is 30.3 Å². The third-order valence-corrected chi connectivity index (χ3v) is 2.89. The molecule has 0 aliphatic carbocycles. The molecule has 20 heavy (non-hydrogen) atoms. The first kappa shape index (κ1) is 13.9. The van der Waals surface area contributed by atoms with Crippen LogP contribution in [-0.4, -0.2) is 35.5 Å². The number of anilines is 1. The SMILES string of the molecule is Cc1ccc2c(c1)OC(CC(=O)O)C(=O)N2CC(N)=O. The van der Waals surface area contributed by atoms with Crippen molar-refractivity contribution in [3.05, 3.63) is 23.8 Å². The molecule has 0 spiro atoms. The van der Waals surface area contributed by atoms with Gasteiger partial charge in [-0.1, -0.05) is 6.07 Å². The third-order valence-electron chi connectivity index (χ3n) is 2.89. The first-order valence-corrected chi connectivity index (χ1v) is 5.97. The molecule has 1 atom stereocenters. The van der Waals surface area contributed by atoms with E-state index in [9.17, 15) is 14.4 Å². The van der Waals surface area contributed by atoms with Crippen molar-refractivity contribution in [1.82, 2.24) is 0 Å². The monoisotopic (exact) mass is 278 g/mol. The van der Waals surface area contributed by atoms with Gasteiger partial charge in [-0.25, -0.2) is 0 Å². The molecule has 0 saturated carbocycles. The first-order valence-electron chi connectivity index (χ1n) is 5.97. The summed E-state index contributed by atoms with van der Waals surface area (Å²) in [4.78, 5) is 35.2. The van der Waals surface area contributed by atoms with Crippen LogP contribution in [-0.2, 0) is 14.4 Å². The van der Waals surface area contributed by atoms with Gasteiger partial charge in [0.25, 0.3) is 5.91 Å². The molecule has 7 heteroatoms. The Kier molecular flexibility index (Phi) is 3.60. The number of aryl methyl sites for hydroxylation is 1. The highest BCUT2D eigenvalue weighted by Gasteiger charge is 2.36. The van der Waals surface area contributed by atoms with E-state index in [-0.39, 0.29) is 6.54 Å². The standard InChI is InChI=1S/C13H14N2O5/c1-7-2-3-8-9(4-7)20-10(5-12(17)18)13(19)15(8)6-11(14)16/h2-4,10H,5-6H2,1H3,(H2,14,16)(H,17,18). The highest BCUT2D eigenvalue weighted by atomic mass is 16.5. The van der Waals surface area contributed by atoms with Gasteiger partial charge < -0.3 is 15.6 Å². The number of rotatable bonds is 4. The number of carbonyl (C=O) groups excluding carboxylic acids is 2. The molecule has 1 unspecified atom stereocenters. The van der Waals surface area contributed by atoms with E-state index in [1.165, 1.54) is 0 Å². The molecule has 1 heterocycles. The molecule has 1 aliphatic heterocycles. The Labute approximate surface area is 114 Å².